The Balaban J connectivity index is 1.48. The SMILES string of the molecule is CC(=O)N1[C@H](CC23CC4CC(CC(C4)C2)C3)C(=O)N(Cc2cccc(C)c2)c2ccccc2C(=O)C[C@H]1C(=O)O. The van der Waals surface area contributed by atoms with E-state index >= 15 is 0 Å². The van der Waals surface area contributed by atoms with Crippen molar-refractivity contribution in [1.29, 1.82) is 0 Å². The minimum Gasteiger partial charge on any atom is -0.480 e. The number of fused-ring (bicyclic) bond motifs is 1. The maximum Gasteiger partial charge on any atom is 0.326 e. The number of nitrogens with zero attached hydrogens (tertiary/aromatic N) is 2. The normalized spacial score (nSPS) is 31.4. The maximum atomic E-state index is 14.8. The van der Waals surface area contributed by atoms with Crippen LogP contribution in [0.15, 0.2) is 48.5 Å². The van der Waals surface area contributed by atoms with Gasteiger partial charge in [0.15, 0.2) is 5.78 Å². The fraction of sp³-hybridized carbons (Fsp3) is 0.515. The van der Waals surface area contributed by atoms with Crippen LogP contribution in [0, 0.1) is 30.1 Å². The number of ketones is 1. The third kappa shape index (κ3) is 4.84. The highest BCUT2D eigenvalue weighted by Crippen LogP contribution is 2.62. The number of hydrogen-bond donors (Lipinski definition) is 1. The van der Waals surface area contributed by atoms with Gasteiger partial charge in [0.1, 0.15) is 12.1 Å². The van der Waals surface area contributed by atoms with Gasteiger partial charge >= 0.3 is 5.97 Å². The van der Waals surface area contributed by atoms with Gasteiger partial charge in [-0.25, -0.2) is 4.79 Å². The summed E-state index contributed by atoms with van der Waals surface area (Å²) in [5.74, 6) is -0.493. The lowest BCUT2D eigenvalue weighted by atomic mass is 9.48. The number of aryl methyl sites for hydroxylation is 1. The average Bonchev–Trinajstić information content (AvgIpc) is 2.92. The van der Waals surface area contributed by atoms with Crippen LogP contribution in [0.25, 0.3) is 0 Å². The molecule has 4 aliphatic carbocycles. The number of carboxylic acid groups (broad SMARTS) is 1. The molecular weight excluding hydrogens is 504 g/mol. The summed E-state index contributed by atoms with van der Waals surface area (Å²) in [6.45, 7) is 3.55. The third-order valence-electron chi connectivity index (χ3n) is 9.96. The second-order valence-electron chi connectivity index (χ2n) is 13.0. The first-order valence-electron chi connectivity index (χ1n) is 14.6. The number of benzene rings is 2. The summed E-state index contributed by atoms with van der Waals surface area (Å²) >= 11 is 0. The summed E-state index contributed by atoms with van der Waals surface area (Å²) in [6.07, 6.45) is 6.89. The highest BCUT2D eigenvalue weighted by atomic mass is 16.4. The van der Waals surface area contributed by atoms with Crippen LogP contribution in [0.4, 0.5) is 5.69 Å². The van der Waals surface area contributed by atoms with Crippen molar-refractivity contribution >= 4 is 29.3 Å². The van der Waals surface area contributed by atoms with Gasteiger partial charge in [-0.2, -0.15) is 0 Å². The van der Waals surface area contributed by atoms with Gasteiger partial charge in [-0.05, 0) is 92.7 Å². The van der Waals surface area contributed by atoms with E-state index in [0.29, 0.717) is 35.4 Å². The number of carbonyl (C=O) groups excluding carboxylic acids is 3. The molecule has 0 aromatic heterocycles. The van der Waals surface area contributed by atoms with E-state index in [0.717, 1.165) is 30.4 Å². The van der Waals surface area contributed by atoms with Gasteiger partial charge in [0, 0.05) is 18.9 Å². The largest absolute Gasteiger partial charge is 0.480 e. The molecule has 0 radical (unpaired) electrons. The van der Waals surface area contributed by atoms with Gasteiger partial charge in [-0.1, -0.05) is 42.0 Å². The lowest BCUT2D eigenvalue weighted by Crippen LogP contribution is -2.59. The van der Waals surface area contributed by atoms with Crippen LogP contribution < -0.4 is 4.90 Å². The van der Waals surface area contributed by atoms with Crippen molar-refractivity contribution in [3.63, 3.8) is 0 Å². The number of Topliss-reactive ketones (excluding diaryl/α,β-unsaturated/α-hetero) is 1. The summed E-state index contributed by atoms with van der Waals surface area (Å²) in [5, 5.41) is 10.3. The summed E-state index contributed by atoms with van der Waals surface area (Å²) in [6, 6.07) is 12.5. The molecule has 0 saturated heterocycles. The molecule has 1 N–H and O–H groups in total. The van der Waals surface area contributed by atoms with Crippen LogP contribution in [-0.2, 0) is 20.9 Å². The minimum atomic E-state index is -1.40. The predicted octanol–water partition coefficient (Wildman–Crippen LogP) is 5.39. The fourth-order valence-electron chi connectivity index (χ4n) is 8.90. The smallest absolute Gasteiger partial charge is 0.326 e. The third-order valence-corrected chi connectivity index (χ3v) is 9.96. The van der Waals surface area contributed by atoms with Gasteiger partial charge in [-0.3, -0.25) is 14.4 Å². The van der Waals surface area contributed by atoms with Gasteiger partial charge in [0.25, 0.3) is 0 Å². The van der Waals surface area contributed by atoms with Gasteiger partial charge in [0.05, 0.1) is 12.2 Å². The number of hydrogen-bond acceptors (Lipinski definition) is 4. The molecule has 2 atom stereocenters. The van der Waals surface area contributed by atoms with E-state index < -0.39 is 24.0 Å². The second kappa shape index (κ2) is 10.2. The van der Waals surface area contributed by atoms with Crippen molar-refractivity contribution in [2.24, 2.45) is 23.2 Å². The summed E-state index contributed by atoms with van der Waals surface area (Å²) in [4.78, 5) is 57.3. The van der Waals surface area contributed by atoms with Crippen molar-refractivity contribution in [2.45, 2.75) is 83.8 Å². The molecule has 0 spiro atoms. The zero-order chi connectivity index (χ0) is 28.2. The summed E-state index contributed by atoms with van der Waals surface area (Å²) in [5.41, 5.74) is 2.67. The Morgan fingerprint density at radius 3 is 2.20 bits per heavy atom. The van der Waals surface area contributed by atoms with Crippen molar-refractivity contribution in [2.75, 3.05) is 4.90 Å². The Morgan fingerprint density at radius 2 is 1.60 bits per heavy atom. The van der Waals surface area contributed by atoms with Crippen LogP contribution in [0.5, 0.6) is 0 Å². The van der Waals surface area contributed by atoms with Crippen LogP contribution in [0.2, 0.25) is 0 Å². The first-order chi connectivity index (χ1) is 19.1. The zero-order valence-corrected chi connectivity index (χ0v) is 23.3. The molecule has 2 aromatic rings. The van der Waals surface area contributed by atoms with Gasteiger partial charge < -0.3 is 14.9 Å². The second-order valence-corrected chi connectivity index (χ2v) is 13.0. The molecule has 7 rings (SSSR count). The fourth-order valence-corrected chi connectivity index (χ4v) is 8.90. The number of anilines is 1. The molecule has 4 bridgehead atoms. The Morgan fingerprint density at radius 1 is 0.950 bits per heavy atom. The molecule has 7 nitrogen and oxygen atoms in total. The van der Waals surface area contributed by atoms with E-state index in [1.54, 1.807) is 29.2 Å². The monoisotopic (exact) mass is 542 g/mol. The zero-order valence-electron chi connectivity index (χ0n) is 23.3. The summed E-state index contributed by atoms with van der Waals surface area (Å²) < 4.78 is 0. The van der Waals surface area contributed by atoms with Crippen LogP contribution >= 0.6 is 0 Å². The molecule has 0 unspecified atom stereocenters. The van der Waals surface area contributed by atoms with E-state index in [-0.39, 0.29) is 30.1 Å². The molecule has 4 saturated carbocycles. The maximum absolute atomic E-state index is 14.8. The van der Waals surface area contributed by atoms with Crippen molar-refractivity contribution in [1.82, 2.24) is 4.90 Å². The highest BCUT2D eigenvalue weighted by Gasteiger charge is 2.54. The predicted molar refractivity (Wildman–Crippen MR) is 151 cm³/mol. The van der Waals surface area contributed by atoms with E-state index in [1.165, 1.54) is 31.1 Å². The Kier molecular flexibility index (Phi) is 6.79. The molecule has 1 aliphatic heterocycles. The van der Waals surface area contributed by atoms with Crippen molar-refractivity contribution < 1.29 is 24.3 Å². The number of para-hydroxylation sites is 1. The minimum absolute atomic E-state index is 0.0849. The Hall–Kier alpha value is -3.48. The molecule has 40 heavy (non-hydrogen) atoms. The van der Waals surface area contributed by atoms with Crippen molar-refractivity contribution in [3.8, 4) is 0 Å². The number of aliphatic carboxylic acids is 1. The van der Waals surface area contributed by atoms with E-state index in [2.05, 4.69) is 0 Å². The first kappa shape index (κ1) is 26.7. The quantitative estimate of drug-likeness (QED) is 0.547. The number of carboxylic acids is 1. The lowest BCUT2D eigenvalue weighted by Gasteiger charge is -2.58. The van der Waals surface area contributed by atoms with Gasteiger partial charge in [0.2, 0.25) is 11.8 Å². The first-order valence-corrected chi connectivity index (χ1v) is 14.6. The number of amides is 2. The molecule has 4 fully saturated rings. The summed E-state index contributed by atoms with van der Waals surface area (Å²) in [7, 11) is 0. The van der Waals surface area contributed by atoms with Crippen LogP contribution in [0.3, 0.4) is 0 Å². The molecule has 5 aliphatic rings. The van der Waals surface area contributed by atoms with E-state index in [1.807, 2.05) is 31.2 Å². The van der Waals surface area contributed by atoms with E-state index in [4.69, 9.17) is 0 Å². The molecule has 7 heteroatoms. The Bertz CT molecular complexity index is 1330. The number of carbonyl (C=O) groups is 4. The Labute approximate surface area is 235 Å². The average molecular weight is 543 g/mol. The van der Waals surface area contributed by atoms with Crippen LogP contribution in [-0.4, -0.2) is 45.7 Å². The highest BCUT2D eigenvalue weighted by molar-refractivity contribution is 6.10. The molecule has 1 heterocycles. The van der Waals surface area contributed by atoms with Crippen molar-refractivity contribution in [3.05, 3.63) is 65.2 Å². The number of rotatable bonds is 5. The molecular formula is C33H38N2O5. The standard InChI is InChI=1S/C33H38N2O5/c1-20-6-5-7-22(10-20)19-34-27-9-4-3-8-26(27)30(37)14-28(32(39)40)35(21(2)36)29(31(34)38)18-33-15-23-11-24(16-33)13-25(12-23)17-33/h3-10,23-25,28-29H,11-19H2,1-2H3,(H,39,40)/t23?,24?,25?,28-,29+,33?/m0/s1. The topological polar surface area (TPSA) is 95.0 Å². The lowest BCUT2D eigenvalue weighted by molar-refractivity contribution is -0.156. The van der Waals surface area contributed by atoms with Gasteiger partial charge in [-0.15, -0.1) is 0 Å². The molecule has 2 aromatic carbocycles. The molecule has 2 amide bonds. The van der Waals surface area contributed by atoms with E-state index in [9.17, 15) is 24.3 Å². The molecule has 210 valence electrons. The van der Waals surface area contributed by atoms with Crippen LogP contribution in [0.1, 0.15) is 79.8 Å².